The maximum absolute atomic E-state index is 6.08. The topological polar surface area (TPSA) is 67.6 Å². The van der Waals surface area contributed by atoms with Gasteiger partial charge in [-0.05, 0) is 39.5 Å². The summed E-state index contributed by atoms with van der Waals surface area (Å²) in [6.07, 6.45) is 7.03. The van der Waals surface area contributed by atoms with E-state index in [9.17, 15) is 0 Å². The minimum Gasteiger partial charge on any atom is -0.370 e. The molecule has 0 spiro atoms. The quantitative estimate of drug-likeness (QED) is 0.522. The lowest BCUT2D eigenvalue weighted by Gasteiger charge is -2.21. The largest absolute Gasteiger partial charge is 0.370 e. The van der Waals surface area contributed by atoms with Gasteiger partial charge in [0.25, 0.3) is 0 Å². The molecule has 1 aliphatic heterocycles. The summed E-state index contributed by atoms with van der Waals surface area (Å²) in [7, 11) is 0. The molecule has 2 heterocycles. The minimum absolute atomic E-state index is 0.714. The van der Waals surface area contributed by atoms with Gasteiger partial charge in [0.05, 0.1) is 5.69 Å². The molecule has 1 saturated heterocycles. The second-order valence-electron chi connectivity index (χ2n) is 5.55. The highest BCUT2D eigenvalue weighted by Crippen LogP contribution is 2.14. The average molecular weight is 278 g/mol. The fraction of sp³-hybridized carbons (Fsp3) is 0.733. The molecule has 1 aromatic rings. The second-order valence-corrected chi connectivity index (χ2v) is 5.55. The molecule has 0 bridgehead atoms. The Bertz CT molecular complexity index is 425. The zero-order chi connectivity index (χ0) is 14.4. The van der Waals surface area contributed by atoms with Crippen LogP contribution in [0.2, 0.25) is 0 Å². The molecule has 0 saturated carbocycles. The summed E-state index contributed by atoms with van der Waals surface area (Å²) in [5.41, 5.74) is 8.29. The zero-order valence-corrected chi connectivity index (χ0v) is 12.7. The van der Waals surface area contributed by atoms with Crippen LogP contribution in [0.3, 0.4) is 0 Å². The van der Waals surface area contributed by atoms with Crippen LogP contribution in [0.5, 0.6) is 0 Å². The van der Waals surface area contributed by atoms with Crippen molar-refractivity contribution in [1.29, 1.82) is 0 Å². The van der Waals surface area contributed by atoms with Gasteiger partial charge in [-0.3, -0.25) is 4.99 Å². The van der Waals surface area contributed by atoms with Crippen molar-refractivity contribution in [3.63, 3.8) is 0 Å². The molecule has 0 aromatic carbocycles. The number of likely N-dealkylation sites (tertiary alicyclic amines) is 1. The van der Waals surface area contributed by atoms with Crippen LogP contribution >= 0.6 is 0 Å². The van der Waals surface area contributed by atoms with Crippen LogP contribution in [-0.4, -0.2) is 35.7 Å². The highest BCUT2D eigenvalue weighted by Gasteiger charge is 2.11. The smallest absolute Gasteiger partial charge is 0.191 e. The lowest BCUT2D eigenvalue weighted by atomic mass is 10.1. The number of guanidine groups is 1. The SMILES string of the molecule is Cc1noc(C)c1CCCN=C(N)N1CCCCCC1. The van der Waals surface area contributed by atoms with Crippen molar-refractivity contribution >= 4 is 5.96 Å². The molecule has 5 nitrogen and oxygen atoms in total. The molecule has 0 radical (unpaired) electrons. The second kappa shape index (κ2) is 7.31. The van der Waals surface area contributed by atoms with Crippen LogP contribution in [0.15, 0.2) is 9.52 Å². The number of nitrogens with two attached hydrogens (primary N) is 1. The number of hydrogen-bond donors (Lipinski definition) is 1. The van der Waals surface area contributed by atoms with E-state index in [1.165, 1.54) is 31.2 Å². The predicted molar refractivity (Wildman–Crippen MR) is 80.8 cm³/mol. The van der Waals surface area contributed by atoms with Crippen molar-refractivity contribution in [3.8, 4) is 0 Å². The summed E-state index contributed by atoms with van der Waals surface area (Å²) in [4.78, 5) is 6.74. The van der Waals surface area contributed by atoms with Gasteiger partial charge in [0, 0.05) is 25.2 Å². The van der Waals surface area contributed by atoms with Crippen molar-refractivity contribution in [1.82, 2.24) is 10.1 Å². The van der Waals surface area contributed by atoms with Crippen LogP contribution in [0, 0.1) is 13.8 Å². The minimum atomic E-state index is 0.714. The third-order valence-electron chi connectivity index (χ3n) is 3.97. The highest BCUT2D eigenvalue weighted by atomic mass is 16.5. The Morgan fingerprint density at radius 1 is 1.25 bits per heavy atom. The van der Waals surface area contributed by atoms with Gasteiger partial charge in [-0.2, -0.15) is 0 Å². The molecule has 5 heteroatoms. The molecule has 0 aliphatic carbocycles. The third-order valence-corrected chi connectivity index (χ3v) is 3.97. The molecular weight excluding hydrogens is 252 g/mol. The van der Waals surface area contributed by atoms with E-state index in [2.05, 4.69) is 15.0 Å². The van der Waals surface area contributed by atoms with E-state index in [0.717, 1.165) is 43.9 Å². The van der Waals surface area contributed by atoms with Gasteiger partial charge >= 0.3 is 0 Å². The number of rotatable bonds is 4. The normalized spacial score (nSPS) is 17.3. The van der Waals surface area contributed by atoms with E-state index in [1.54, 1.807) is 0 Å². The van der Waals surface area contributed by atoms with E-state index in [0.29, 0.717) is 5.96 Å². The van der Waals surface area contributed by atoms with Gasteiger partial charge in [-0.15, -0.1) is 0 Å². The number of nitrogens with zero attached hydrogens (tertiary/aromatic N) is 3. The van der Waals surface area contributed by atoms with Crippen molar-refractivity contribution < 1.29 is 4.52 Å². The Kier molecular flexibility index (Phi) is 5.44. The van der Waals surface area contributed by atoms with Gasteiger partial charge in [0.15, 0.2) is 5.96 Å². The van der Waals surface area contributed by atoms with Gasteiger partial charge in [0.1, 0.15) is 5.76 Å². The van der Waals surface area contributed by atoms with Gasteiger partial charge < -0.3 is 15.2 Å². The molecule has 0 atom stereocenters. The molecule has 2 N–H and O–H groups in total. The number of hydrogen-bond acceptors (Lipinski definition) is 3. The van der Waals surface area contributed by atoms with E-state index >= 15 is 0 Å². The third kappa shape index (κ3) is 3.99. The van der Waals surface area contributed by atoms with Crippen LogP contribution in [-0.2, 0) is 6.42 Å². The molecule has 1 aromatic heterocycles. The summed E-state index contributed by atoms with van der Waals surface area (Å²) in [5.74, 6) is 1.64. The molecule has 1 aliphatic rings. The Morgan fingerprint density at radius 3 is 2.55 bits per heavy atom. The highest BCUT2D eigenvalue weighted by molar-refractivity contribution is 5.78. The van der Waals surface area contributed by atoms with Crippen molar-refractivity contribution in [2.75, 3.05) is 19.6 Å². The van der Waals surface area contributed by atoms with Crippen LogP contribution in [0.25, 0.3) is 0 Å². The molecule has 20 heavy (non-hydrogen) atoms. The summed E-state index contributed by atoms with van der Waals surface area (Å²) < 4.78 is 5.16. The van der Waals surface area contributed by atoms with Gasteiger partial charge in [-0.1, -0.05) is 18.0 Å². The first-order valence-electron chi connectivity index (χ1n) is 7.65. The Balaban J connectivity index is 1.77. The lowest BCUT2D eigenvalue weighted by molar-refractivity contribution is 0.392. The summed E-state index contributed by atoms with van der Waals surface area (Å²) in [6, 6.07) is 0. The van der Waals surface area contributed by atoms with Crippen LogP contribution in [0.1, 0.15) is 49.1 Å². The fourth-order valence-electron chi connectivity index (χ4n) is 2.71. The molecule has 1 fully saturated rings. The first kappa shape index (κ1) is 14.9. The number of aromatic nitrogens is 1. The lowest BCUT2D eigenvalue weighted by Crippen LogP contribution is -2.38. The maximum atomic E-state index is 6.08. The zero-order valence-electron chi connectivity index (χ0n) is 12.7. The maximum Gasteiger partial charge on any atom is 0.191 e. The van der Waals surface area contributed by atoms with Crippen molar-refractivity contribution in [2.24, 2.45) is 10.7 Å². The van der Waals surface area contributed by atoms with Crippen molar-refractivity contribution in [3.05, 3.63) is 17.0 Å². The van der Waals surface area contributed by atoms with Crippen molar-refractivity contribution in [2.45, 2.75) is 52.4 Å². The molecule has 0 amide bonds. The van der Waals surface area contributed by atoms with Crippen LogP contribution in [0.4, 0.5) is 0 Å². The van der Waals surface area contributed by atoms with E-state index in [4.69, 9.17) is 10.3 Å². The monoisotopic (exact) mass is 278 g/mol. The standard InChI is InChI=1S/C15H26N4O/c1-12-14(13(2)20-18-12)8-7-9-17-15(16)19-10-5-3-4-6-11-19/h3-11H2,1-2H3,(H2,16,17). The summed E-state index contributed by atoms with van der Waals surface area (Å²) in [6.45, 7) is 6.83. The first-order valence-corrected chi connectivity index (χ1v) is 7.65. The molecular formula is C15H26N4O. The predicted octanol–water partition coefficient (Wildman–Crippen LogP) is 2.41. The van der Waals surface area contributed by atoms with Gasteiger partial charge in [-0.25, -0.2) is 0 Å². The van der Waals surface area contributed by atoms with E-state index in [1.807, 2.05) is 13.8 Å². The molecule has 112 valence electrons. The molecule has 2 rings (SSSR count). The van der Waals surface area contributed by atoms with E-state index < -0.39 is 0 Å². The first-order chi connectivity index (χ1) is 9.68. The Morgan fingerprint density at radius 2 is 1.95 bits per heavy atom. The van der Waals surface area contributed by atoms with Crippen LogP contribution < -0.4 is 5.73 Å². The average Bonchev–Trinajstić information content (AvgIpc) is 2.67. The summed E-state index contributed by atoms with van der Waals surface area (Å²) in [5, 5.41) is 3.97. The van der Waals surface area contributed by atoms with E-state index in [-0.39, 0.29) is 0 Å². The Hall–Kier alpha value is -1.52. The summed E-state index contributed by atoms with van der Waals surface area (Å²) >= 11 is 0. The number of aliphatic imine (C=N–C) groups is 1. The fourth-order valence-corrected chi connectivity index (χ4v) is 2.71. The number of aryl methyl sites for hydroxylation is 2. The van der Waals surface area contributed by atoms with Gasteiger partial charge in [0.2, 0.25) is 0 Å². The molecule has 0 unspecified atom stereocenters. The Labute approximate surface area is 121 Å².